The Balaban J connectivity index is -0.0000000800. The zero-order chi connectivity index (χ0) is 4.12. The van der Waals surface area contributed by atoms with E-state index in [9.17, 15) is 0 Å². The first-order valence-electron chi connectivity index (χ1n) is 2.21. The van der Waals surface area contributed by atoms with Gasteiger partial charge in [0, 0.05) is 0 Å². The van der Waals surface area contributed by atoms with Crippen LogP contribution in [0.2, 0.25) is 0 Å². The van der Waals surface area contributed by atoms with Gasteiger partial charge in [-0.2, -0.15) is 6.42 Å². The smallest absolute Gasteiger partial charge is 1.00 e. The molecule has 2 heteroatoms. The summed E-state index contributed by atoms with van der Waals surface area (Å²) in [6.45, 7) is 5.85. The van der Waals surface area contributed by atoms with Crippen LogP contribution in [-0.4, -0.2) is 23.1 Å². The van der Waals surface area contributed by atoms with Crippen molar-refractivity contribution in [1.29, 1.82) is 0 Å². The van der Waals surface area contributed by atoms with Crippen LogP contribution in [0.1, 0.15) is 26.2 Å². The van der Waals surface area contributed by atoms with Gasteiger partial charge in [-0.3, -0.25) is 0 Å². The first kappa shape index (κ1) is 15.7. The SMILES string of the molecule is [Br-].[CH2-]CCCC.[Mg+2]. The van der Waals surface area contributed by atoms with Crippen molar-refractivity contribution in [2.75, 3.05) is 0 Å². The van der Waals surface area contributed by atoms with Crippen molar-refractivity contribution in [2.45, 2.75) is 26.2 Å². The first-order valence-corrected chi connectivity index (χ1v) is 2.21. The second kappa shape index (κ2) is 15.7. The molecule has 0 aromatic carbocycles. The van der Waals surface area contributed by atoms with Gasteiger partial charge in [-0.1, -0.05) is 19.8 Å². The molecule has 0 saturated heterocycles. The van der Waals surface area contributed by atoms with Gasteiger partial charge in [0.1, 0.15) is 0 Å². The van der Waals surface area contributed by atoms with Crippen LogP contribution in [-0.2, 0) is 0 Å². The third kappa shape index (κ3) is 18.9. The van der Waals surface area contributed by atoms with Crippen molar-refractivity contribution < 1.29 is 17.0 Å². The van der Waals surface area contributed by atoms with Crippen LogP contribution in [0.4, 0.5) is 0 Å². The fraction of sp³-hybridized carbons (Fsp3) is 0.800. The van der Waals surface area contributed by atoms with Crippen molar-refractivity contribution in [3.8, 4) is 0 Å². The summed E-state index contributed by atoms with van der Waals surface area (Å²) in [5.41, 5.74) is 0. The Kier molecular flexibility index (Phi) is 35.2. The van der Waals surface area contributed by atoms with Crippen LogP contribution in [0, 0.1) is 6.92 Å². The van der Waals surface area contributed by atoms with E-state index in [1.165, 1.54) is 12.8 Å². The molecule has 0 bridgehead atoms. The average Bonchev–Trinajstić information content (AvgIpc) is 1.41. The van der Waals surface area contributed by atoms with E-state index in [0.717, 1.165) is 6.42 Å². The number of unbranched alkanes of at least 4 members (excludes halogenated alkanes) is 2. The van der Waals surface area contributed by atoms with Crippen LogP contribution in [0.5, 0.6) is 0 Å². The molecule has 0 aliphatic carbocycles. The topological polar surface area (TPSA) is 0 Å². The Morgan fingerprint density at radius 3 is 1.86 bits per heavy atom. The van der Waals surface area contributed by atoms with Crippen LogP contribution >= 0.6 is 0 Å². The molecule has 0 aliphatic heterocycles. The Morgan fingerprint density at radius 1 is 1.43 bits per heavy atom. The normalized spacial score (nSPS) is 6.00. The Hall–Kier alpha value is 1.25. The summed E-state index contributed by atoms with van der Waals surface area (Å²) in [6, 6.07) is 0. The molecule has 0 aromatic heterocycles. The van der Waals surface area contributed by atoms with E-state index in [0.29, 0.717) is 0 Å². The molecule has 0 amide bonds. The summed E-state index contributed by atoms with van der Waals surface area (Å²) in [4.78, 5) is 0. The molecule has 0 N–H and O–H groups in total. The summed E-state index contributed by atoms with van der Waals surface area (Å²) in [5.74, 6) is 0. The van der Waals surface area contributed by atoms with Gasteiger partial charge in [-0.15, -0.1) is 0 Å². The average molecular weight is 175 g/mol. The molecule has 40 valence electrons. The number of rotatable bonds is 2. The van der Waals surface area contributed by atoms with E-state index >= 15 is 0 Å². The van der Waals surface area contributed by atoms with Crippen LogP contribution in [0.3, 0.4) is 0 Å². The monoisotopic (exact) mass is 174 g/mol. The van der Waals surface area contributed by atoms with E-state index < -0.39 is 0 Å². The largest absolute Gasteiger partial charge is 2.00 e. The maximum atomic E-state index is 3.68. The Labute approximate surface area is 73.0 Å². The molecular formula is C5H11BrMg. The van der Waals surface area contributed by atoms with E-state index in [1.807, 2.05) is 0 Å². The molecule has 7 heavy (non-hydrogen) atoms. The quantitative estimate of drug-likeness (QED) is 0.359. The molecule has 0 fully saturated rings. The predicted molar refractivity (Wildman–Crippen MR) is 30.6 cm³/mol. The maximum Gasteiger partial charge on any atom is 2.00 e. The Morgan fingerprint density at radius 2 is 1.86 bits per heavy atom. The van der Waals surface area contributed by atoms with Gasteiger partial charge in [-0.05, 0) is 0 Å². The predicted octanol–water partition coefficient (Wildman–Crippen LogP) is -1.37. The zero-order valence-corrected chi connectivity index (χ0v) is 7.91. The van der Waals surface area contributed by atoms with E-state index in [-0.39, 0.29) is 40.0 Å². The summed E-state index contributed by atoms with van der Waals surface area (Å²) in [7, 11) is 0. The van der Waals surface area contributed by atoms with Gasteiger partial charge in [0.05, 0.1) is 0 Å². The molecule has 0 spiro atoms. The van der Waals surface area contributed by atoms with Gasteiger partial charge in [0.2, 0.25) is 0 Å². The minimum atomic E-state index is 0. The molecule has 0 nitrogen and oxygen atoms in total. The number of halogens is 1. The molecule has 0 rings (SSSR count). The molecular weight excluding hydrogens is 164 g/mol. The molecule has 0 aliphatic rings. The van der Waals surface area contributed by atoms with E-state index in [1.54, 1.807) is 0 Å². The number of hydrogen-bond donors (Lipinski definition) is 0. The minimum Gasteiger partial charge on any atom is -1.00 e. The second-order valence-corrected chi connectivity index (χ2v) is 1.21. The third-order valence-electron chi connectivity index (χ3n) is 0.604. The summed E-state index contributed by atoms with van der Waals surface area (Å²) >= 11 is 0. The maximum absolute atomic E-state index is 3.68. The fourth-order valence-electron chi connectivity index (χ4n) is 0.250. The second-order valence-electron chi connectivity index (χ2n) is 1.21. The van der Waals surface area contributed by atoms with E-state index in [2.05, 4.69) is 13.8 Å². The van der Waals surface area contributed by atoms with Crippen LogP contribution < -0.4 is 17.0 Å². The van der Waals surface area contributed by atoms with E-state index in [4.69, 9.17) is 0 Å². The molecule has 0 unspecified atom stereocenters. The van der Waals surface area contributed by atoms with Crippen molar-refractivity contribution in [1.82, 2.24) is 0 Å². The van der Waals surface area contributed by atoms with Crippen molar-refractivity contribution in [3.63, 3.8) is 0 Å². The molecule has 0 atom stereocenters. The third-order valence-corrected chi connectivity index (χ3v) is 0.604. The van der Waals surface area contributed by atoms with Gasteiger partial charge in [-0.25, -0.2) is 0 Å². The molecule has 0 heterocycles. The van der Waals surface area contributed by atoms with Gasteiger partial charge in [0.25, 0.3) is 0 Å². The van der Waals surface area contributed by atoms with Gasteiger partial charge in [0.15, 0.2) is 0 Å². The Bertz CT molecular complexity index is 15.6. The number of hydrogen-bond acceptors (Lipinski definition) is 0. The minimum absolute atomic E-state index is 0. The molecule has 0 radical (unpaired) electrons. The van der Waals surface area contributed by atoms with Gasteiger partial charge < -0.3 is 23.9 Å². The first-order chi connectivity index (χ1) is 2.41. The van der Waals surface area contributed by atoms with Crippen molar-refractivity contribution in [3.05, 3.63) is 6.92 Å². The van der Waals surface area contributed by atoms with Crippen LogP contribution in [0.15, 0.2) is 0 Å². The van der Waals surface area contributed by atoms with Crippen LogP contribution in [0.25, 0.3) is 0 Å². The fourth-order valence-corrected chi connectivity index (χ4v) is 0.250. The summed E-state index contributed by atoms with van der Waals surface area (Å²) in [6.07, 6.45) is 3.65. The summed E-state index contributed by atoms with van der Waals surface area (Å²) in [5, 5.41) is 0. The van der Waals surface area contributed by atoms with Crippen molar-refractivity contribution in [2.24, 2.45) is 0 Å². The summed E-state index contributed by atoms with van der Waals surface area (Å²) < 4.78 is 0. The zero-order valence-electron chi connectivity index (χ0n) is 4.91. The molecule has 0 saturated carbocycles. The standard InChI is InChI=1S/C5H11.BrH.Mg/c1-3-5-4-2;;/h1,3-5H2,2H3;1H;/q-1;;+2/p-1. The van der Waals surface area contributed by atoms with Gasteiger partial charge >= 0.3 is 23.1 Å². The van der Waals surface area contributed by atoms with Crippen molar-refractivity contribution >= 4 is 23.1 Å². The molecule has 0 aromatic rings.